The minimum atomic E-state index is 0.469. The molecule has 0 aliphatic carbocycles. The van der Waals surface area contributed by atoms with E-state index in [1.165, 1.54) is 17.1 Å². The lowest BCUT2D eigenvalue weighted by Gasteiger charge is -2.12. The summed E-state index contributed by atoms with van der Waals surface area (Å²) in [4.78, 5) is 0. The lowest BCUT2D eigenvalue weighted by Crippen LogP contribution is -1.94. The van der Waals surface area contributed by atoms with Crippen LogP contribution in [0.1, 0.15) is 36.6 Å². The Balaban J connectivity index is 2.25. The zero-order chi connectivity index (χ0) is 13.0. The Hall–Kier alpha value is -1.61. The molecule has 0 bridgehead atoms. The highest BCUT2D eigenvalue weighted by Gasteiger charge is 2.06. The molecule has 0 atom stereocenters. The molecule has 2 rings (SSSR count). The fourth-order valence-corrected chi connectivity index (χ4v) is 2.30. The molecule has 0 saturated carbocycles. The van der Waals surface area contributed by atoms with E-state index in [1.54, 1.807) is 7.11 Å². The Morgan fingerprint density at radius 1 is 1.22 bits per heavy atom. The first kappa shape index (κ1) is 12.8. The predicted octanol–water partition coefficient (Wildman–Crippen LogP) is 4.45. The van der Waals surface area contributed by atoms with E-state index in [0.717, 1.165) is 17.0 Å². The third kappa shape index (κ3) is 2.99. The molecule has 0 spiro atoms. The molecule has 0 amide bonds. The van der Waals surface area contributed by atoms with Crippen LogP contribution < -0.4 is 4.74 Å². The van der Waals surface area contributed by atoms with Crippen LogP contribution in [0.15, 0.2) is 29.6 Å². The van der Waals surface area contributed by atoms with Crippen molar-refractivity contribution < 1.29 is 4.74 Å². The minimum absolute atomic E-state index is 0.469. The lowest BCUT2D eigenvalue weighted by atomic mass is 10.00. The van der Waals surface area contributed by atoms with Gasteiger partial charge in [-0.2, -0.15) is 4.37 Å². The van der Waals surface area contributed by atoms with Gasteiger partial charge in [0.25, 0.3) is 0 Å². The lowest BCUT2D eigenvalue weighted by molar-refractivity contribution is 0.407. The normalized spacial score (nSPS) is 11.3. The average Bonchev–Trinajstić information content (AvgIpc) is 2.88. The standard InChI is InChI=1S/C15H17NOS/c1-11(2)14-7-5-12(10-15(14)17-3)4-6-13-8-9-18-16-13/h4-11H,1-3H3/b6-4+. The molecule has 0 N–H and O–H groups in total. The quantitative estimate of drug-likeness (QED) is 0.809. The number of hydrogen-bond donors (Lipinski definition) is 0. The second-order valence-electron chi connectivity index (χ2n) is 4.41. The van der Waals surface area contributed by atoms with Gasteiger partial charge < -0.3 is 4.74 Å². The summed E-state index contributed by atoms with van der Waals surface area (Å²) in [6.07, 6.45) is 4.07. The van der Waals surface area contributed by atoms with E-state index < -0.39 is 0 Å². The summed E-state index contributed by atoms with van der Waals surface area (Å²) in [5.41, 5.74) is 3.36. The van der Waals surface area contributed by atoms with Crippen LogP contribution in [0.2, 0.25) is 0 Å². The number of benzene rings is 1. The van der Waals surface area contributed by atoms with Gasteiger partial charge in [0.2, 0.25) is 0 Å². The molecule has 3 heteroatoms. The van der Waals surface area contributed by atoms with Crippen molar-refractivity contribution in [3.05, 3.63) is 46.5 Å². The van der Waals surface area contributed by atoms with Crippen molar-refractivity contribution in [3.63, 3.8) is 0 Å². The predicted molar refractivity (Wildman–Crippen MR) is 78.1 cm³/mol. The molecule has 0 fully saturated rings. The highest BCUT2D eigenvalue weighted by atomic mass is 32.1. The van der Waals surface area contributed by atoms with Gasteiger partial charge in [-0.3, -0.25) is 0 Å². The van der Waals surface area contributed by atoms with E-state index in [-0.39, 0.29) is 0 Å². The summed E-state index contributed by atoms with van der Waals surface area (Å²) in [5, 5.41) is 1.97. The smallest absolute Gasteiger partial charge is 0.122 e. The van der Waals surface area contributed by atoms with Gasteiger partial charge in [0, 0.05) is 5.38 Å². The van der Waals surface area contributed by atoms with Crippen molar-refractivity contribution in [3.8, 4) is 5.75 Å². The molecule has 1 heterocycles. The Bertz CT molecular complexity index is 529. The number of hydrogen-bond acceptors (Lipinski definition) is 3. The summed E-state index contributed by atoms with van der Waals surface area (Å²) in [6.45, 7) is 4.34. The largest absolute Gasteiger partial charge is 0.496 e. The SMILES string of the molecule is COc1cc(/C=C/c2ccsn2)ccc1C(C)C. The van der Waals surface area contributed by atoms with Crippen molar-refractivity contribution in [2.75, 3.05) is 7.11 Å². The van der Waals surface area contributed by atoms with E-state index in [2.05, 4.69) is 42.5 Å². The fraction of sp³-hybridized carbons (Fsp3) is 0.267. The Kier molecular flexibility index (Phi) is 4.15. The van der Waals surface area contributed by atoms with Gasteiger partial charge in [0.05, 0.1) is 12.8 Å². The van der Waals surface area contributed by atoms with Crippen LogP contribution in [0.5, 0.6) is 5.75 Å². The number of ether oxygens (including phenoxy) is 1. The van der Waals surface area contributed by atoms with Crippen LogP contribution in [0, 0.1) is 0 Å². The molecular weight excluding hydrogens is 242 g/mol. The third-order valence-electron chi connectivity index (χ3n) is 2.78. The molecule has 18 heavy (non-hydrogen) atoms. The maximum absolute atomic E-state index is 5.44. The third-order valence-corrected chi connectivity index (χ3v) is 3.36. The Morgan fingerprint density at radius 3 is 2.67 bits per heavy atom. The van der Waals surface area contributed by atoms with Crippen LogP contribution in [0.25, 0.3) is 12.2 Å². The van der Waals surface area contributed by atoms with Crippen molar-refractivity contribution in [1.82, 2.24) is 4.37 Å². The van der Waals surface area contributed by atoms with E-state index in [4.69, 9.17) is 4.74 Å². The Morgan fingerprint density at radius 2 is 2.06 bits per heavy atom. The van der Waals surface area contributed by atoms with E-state index >= 15 is 0 Å². The molecule has 1 aromatic carbocycles. The molecule has 1 aromatic heterocycles. The highest BCUT2D eigenvalue weighted by Crippen LogP contribution is 2.27. The topological polar surface area (TPSA) is 22.1 Å². The molecule has 0 aliphatic heterocycles. The van der Waals surface area contributed by atoms with E-state index in [1.807, 2.05) is 17.5 Å². The summed E-state index contributed by atoms with van der Waals surface area (Å²) in [5.74, 6) is 1.42. The molecule has 94 valence electrons. The second-order valence-corrected chi connectivity index (χ2v) is 5.08. The van der Waals surface area contributed by atoms with Gasteiger partial charge in [0.1, 0.15) is 5.75 Å². The van der Waals surface area contributed by atoms with Crippen LogP contribution >= 0.6 is 11.5 Å². The highest BCUT2D eigenvalue weighted by molar-refractivity contribution is 7.03. The Labute approximate surface area is 112 Å². The molecule has 0 radical (unpaired) electrons. The summed E-state index contributed by atoms with van der Waals surface area (Å²) in [7, 11) is 1.72. The van der Waals surface area contributed by atoms with Gasteiger partial charge in [-0.05, 0) is 46.8 Å². The average molecular weight is 259 g/mol. The first-order valence-electron chi connectivity index (χ1n) is 5.97. The van der Waals surface area contributed by atoms with E-state index in [9.17, 15) is 0 Å². The number of aromatic nitrogens is 1. The van der Waals surface area contributed by atoms with Gasteiger partial charge in [-0.1, -0.05) is 32.1 Å². The summed E-state index contributed by atoms with van der Waals surface area (Å²) >= 11 is 1.46. The maximum Gasteiger partial charge on any atom is 0.122 e. The first-order chi connectivity index (χ1) is 8.70. The van der Waals surface area contributed by atoms with Crippen molar-refractivity contribution in [2.24, 2.45) is 0 Å². The molecule has 2 nitrogen and oxygen atoms in total. The monoisotopic (exact) mass is 259 g/mol. The first-order valence-corrected chi connectivity index (χ1v) is 6.80. The summed E-state index contributed by atoms with van der Waals surface area (Å²) < 4.78 is 9.68. The molecular formula is C15H17NOS. The van der Waals surface area contributed by atoms with Gasteiger partial charge in [-0.25, -0.2) is 0 Å². The van der Waals surface area contributed by atoms with Crippen LogP contribution in [0.3, 0.4) is 0 Å². The number of rotatable bonds is 4. The van der Waals surface area contributed by atoms with Crippen LogP contribution in [-0.2, 0) is 0 Å². The zero-order valence-electron chi connectivity index (χ0n) is 10.9. The van der Waals surface area contributed by atoms with Crippen molar-refractivity contribution in [2.45, 2.75) is 19.8 Å². The molecule has 0 unspecified atom stereocenters. The summed E-state index contributed by atoms with van der Waals surface area (Å²) in [6, 6.07) is 8.31. The molecule has 2 aromatic rings. The molecule has 0 aliphatic rings. The van der Waals surface area contributed by atoms with Crippen molar-refractivity contribution in [1.29, 1.82) is 0 Å². The zero-order valence-corrected chi connectivity index (χ0v) is 11.7. The minimum Gasteiger partial charge on any atom is -0.496 e. The van der Waals surface area contributed by atoms with E-state index in [0.29, 0.717) is 5.92 Å². The number of methoxy groups -OCH3 is 1. The molecule has 0 saturated heterocycles. The van der Waals surface area contributed by atoms with Gasteiger partial charge >= 0.3 is 0 Å². The second kappa shape index (κ2) is 5.83. The van der Waals surface area contributed by atoms with Gasteiger partial charge in [-0.15, -0.1) is 0 Å². The van der Waals surface area contributed by atoms with Crippen LogP contribution in [0.4, 0.5) is 0 Å². The maximum atomic E-state index is 5.44. The van der Waals surface area contributed by atoms with Crippen molar-refractivity contribution >= 4 is 23.7 Å². The van der Waals surface area contributed by atoms with Crippen LogP contribution in [-0.4, -0.2) is 11.5 Å². The fourth-order valence-electron chi connectivity index (χ4n) is 1.80. The number of nitrogens with zero attached hydrogens (tertiary/aromatic N) is 1. The van der Waals surface area contributed by atoms with Gasteiger partial charge in [0.15, 0.2) is 0 Å².